The Hall–Kier alpha value is -5.54. The fraction of sp³-hybridized carbons (Fsp3) is 0.0732. The molecule has 10 rings (SSSR count). The zero-order valence-corrected chi connectivity index (χ0v) is 24.6. The number of hydrogen-bond acceptors (Lipinski definition) is 0. The van der Waals surface area contributed by atoms with Crippen molar-refractivity contribution < 1.29 is 0 Å². The molecule has 44 heavy (non-hydrogen) atoms. The Bertz CT molecular complexity index is 2620. The Labute approximate surface area is 254 Å². The summed E-state index contributed by atoms with van der Waals surface area (Å²) in [5.74, 6) is 0. The first-order chi connectivity index (χ1) is 21.6. The number of nitrogens with zero attached hydrogens (tertiary/aromatic N) is 3. The smallest absolute Gasteiger partial charge is 0.0632 e. The number of hydrogen-bond donors (Lipinski definition) is 0. The first-order valence-corrected chi connectivity index (χ1v) is 15.4. The maximum absolute atomic E-state index is 2.53. The van der Waals surface area contributed by atoms with Gasteiger partial charge in [0.2, 0.25) is 0 Å². The van der Waals surface area contributed by atoms with Gasteiger partial charge in [0.15, 0.2) is 0 Å². The molecule has 6 aromatic carbocycles. The molecule has 0 bridgehead atoms. The lowest BCUT2D eigenvalue weighted by atomic mass is 9.83. The molecule has 0 radical (unpaired) electrons. The second kappa shape index (κ2) is 8.30. The Morgan fingerprint density at radius 1 is 0.455 bits per heavy atom. The first kappa shape index (κ1) is 24.0. The van der Waals surface area contributed by atoms with E-state index in [0.717, 1.165) is 0 Å². The van der Waals surface area contributed by atoms with Crippen LogP contribution in [0.5, 0.6) is 0 Å². The molecule has 0 spiro atoms. The molecule has 0 N–H and O–H groups in total. The SMILES string of the molecule is CC1(C)c2ccccc2-n2c1cc1ccc3c(c4ccccc4n3-c3ccc4c(c3)c3ccccc3n4-c3ccccc3)c12. The average molecular weight is 564 g/mol. The van der Waals surface area contributed by atoms with E-state index in [9.17, 15) is 0 Å². The van der Waals surface area contributed by atoms with Crippen molar-refractivity contribution in [1.29, 1.82) is 0 Å². The van der Waals surface area contributed by atoms with Gasteiger partial charge in [-0.25, -0.2) is 0 Å². The van der Waals surface area contributed by atoms with E-state index in [2.05, 4.69) is 167 Å². The van der Waals surface area contributed by atoms with Crippen LogP contribution < -0.4 is 0 Å². The number of benzene rings is 6. The predicted molar refractivity (Wildman–Crippen MR) is 184 cm³/mol. The molecule has 3 nitrogen and oxygen atoms in total. The molecule has 0 aliphatic carbocycles. The highest BCUT2D eigenvalue weighted by Crippen LogP contribution is 2.48. The van der Waals surface area contributed by atoms with E-state index in [1.165, 1.54) is 82.8 Å². The summed E-state index contributed by atoms with van der Waals surface area (Å²) in [5, 5.41) is 6.40. The quantitative estimate of drug-likeness (QED) is 0.199. The summed E-state index contributed by atoms with van der Waals surface area (Å²) in [6.07, 6.45) is 0. The minimum atomic E-state index is -0.0572. The maximum Gasteiger partial charge on any atom is 0.0632 e. The zero-order valence-electron chi connectivity index (χ0n) is 24.6. The third-order valence-corrected chi connectivity index (χ3v) is 9.99. The van der Waals surface area contributed by atoms with Crippen LogP contribution in [0.15, 0.2) is 140 Å². The van der Waals surface area contributed by atoms with E-state index in [-0.39, 0.29) is 5.41 Å². The standard InChI is InChI=1S/C41H29N3/c1-41(2)32-16-8-11-19-36(32)44-38(41)24-26-20-22-37-39(40(26)44)30-15-7-10-18-34(30)43(37)28-21-23-35-31(25-28)29-14-6-9-17-33(29)42(35)27-12-4-3-5-13-27/h3-25H,1-2H3. The van der Waals surface area contributed by atoms with Crippen LogP contribution in [0.1, 0.15) is 25.1 Å². The van der Waals surface area contributed by atoms with Crippen molar-refractivity contribution in [2.75, 3.05) is 0 Å². The average Bonchev–Trinajstić information content (AvgIpc) is 3.77. The van der Waals surface area contributed by atoms with Crippen molar-refractivity contribution in [3.63, 3.8) is 0 Å². The minimum Gasteiger partial charge on any atom is -0.312 e. The summed E-state index contributed by atoms with van der Waals surface area (Å²) in [5.41, 5.74) is 12.5. The second-order valence-electron chi connectivity index (χ2n) is 12.6. The first-order valence-electron chi connectivity index (χ1n) is 15.4. The van der Waals surface area contributed by atoms with Gasteiger partial charge < -0.3 is 13.7 Å². The van der Waals surface area contributed by atoms with Gasteiger partial charge in [0, 0.05) is 49.4 Å². The fourth-order valence-electron chi connectivity index (χ4n) is 8.03. The lowest BCUT2D eigenvalue weighted by Gasteiger charge is -2.18. The van der Waals surface area contributed by atoms with Crippen LogP contribution in [0, 0.1) is 0 Å². The van der Waals surface area contributed by atoms with Gasteiger partial charge in [-0.15, -0.1) is 0 Å². The molecule has 9 aromatic rings. The zero-order chi connectivity index (χ0) is 29.2. The molecule has 0 amide bonds. The van der Waals surface area contributed by atoms with E-state index in [0.29, 0.717) is 0 Å². The summed E-state index contributed by atoms with van der Waals surface area (Å²) < 4.78 is 7.37. The number of aromatic nitrogens is 3. The van der Waals surface area contributed by atoms with Crippen molar-refractivity contribution in [3.8, 4) is 17.1 Å². The van der Waals surface area contributed by atoms with Gasteiger partial charge in [-0.2, -0.15) is 0 Å². The third kappa shape index (κ3) is 2.91. The van der Waals surface area contributed by atoms with Crippen molar-refractivity contribution in [3.05, 3.63) is 151 Å². The normalized spacial score (nSPS) is 13.9. The monoisotopic (exact) mass is 563 g/mol. The number of rotatable bonds is 2. The topological polar surface area (TPSA) is 14.8 Å². The van der Waals surface area contributed by atoms with Crippen LogP contribution in [0.2, 0.25) is 0 Å². The Morgan fingerprint density at radius 3 is 1.93 bits per heavy atom. The number of para-hydroxylation sites is 4. The summed E-state index contributed by atoms with van der Waals surface area (Å²) in [4.78, 5) is 0. The fourth-order valence-corrected chi connectivity index (χ4v) is 8.03. The predicted octanol–water partition coefficient (Wildman–Crippen LogP) is 10.5. The molecule has 1 aliphatic rings. The third-order valence-electron chi connectivity index (χ3n) is 9.99. The highest BCUT2D eigenvalue weighted by molar-refractivity contribution is 6.21. The Kier molecular flexibility index (Phi) is 4.52. The van der Waals surface area contributed by atoms with Crippen LogP contribution in [-0.4, -0.2) is 13.7 Å². The molecular weight excluding hydrogens is 534 g/mol. The van der Waals surface area contributed by atoms with Crippen LogP contribution in [0.4, 0.5) is 0 Å². The molecule has 0 atom stereocenters. The molecule has 0 saturated heterocycles. The van der Waals surface area contributed by atoms with Crippen molar-refractivity contribution in [2.45, 2.75) is 19.3 Å². The van der Waals surface area contributed by atoms with Crippen molar-refractivity contribution >= 4 is 54.5 Å². The van der Waals surface area contributed by atoms with Gasteiger partial charge in [0.1, 0.15) is 0 Å². The summed E-state index contributed by atoms with van der Waals surface area (Å²) in [6, 6.07) is 51.3. The van der Waals surface area contributed by atoms with Crippen LogP contribution in [0.25, 0.3) is 71.6 Å². The van der Waals surface area contributed by atoms with E-state index in [4.69, 9.17) is 0 Å². The Morgan fingerprint density at radius 2 is 1.09 bits per heavy atom. The maximum atomic E-state index is 2.53. The molecule has 3 aromatic heterocycles. The van der Waals surface area contributed by atoms with E-state index >= 15 is 0 Å². The summed E-state index contributed by atoms with van der Waals surface area (Å²) in [6.45, 7) is 4.70. The van der Waals surface area contributed by atoms with E-state index < -0.39 is 0 Å². The van der Waals surface area contributed by atoms with Gasteiger partial charge in [-0.1, -0.05) is 92.7 Å². The largest absolute Gasteiger partial charge is 0.312 e. The molecule has 0 unspecified atom stereocenters. The highest BCUT2D eigenvalue weighted by Gasteiger charge is 2.37. The van der Waals surface area contributed by atoms with Crippen LogP contribution >= 0.6 is 0 Å². The summed E-state index contributed by atoms with van der Waals surface area (Å²) >= 11 is 0. The lowest BCUT2D eigenvalue weighted by Crippen LogP contribution is -2.14. The molecule has 208 valence electrons. The van der Waals surface area contributed by atoms with Gasteiger partial charge in [0.05, 0.1) is 33.3 Å². The van der Waals surface area contributed by atoms with Crippen molar-refractivity contribution in [2.24, 2.45) is 0 Å². The minimum absolute atomic E-state index is 0.0572. The van der Waals surface area contributed by atoms with Gasteiger partial charge in [-0.3, -0.25) is 0 Å². The number of fused-ring (bicyclic) bond motifs is 12. The van der Waals surface area contributed by atoms with Gasteiger partial charge in [0.25, 0.3) is 0 Å². The van der Waals surface area contributed by atoms with E-state index in [1.807, 2.05) is 0 Å². The molecule has 3 heteroatoms. The summed E-state index contributed by atoms with van der Waals surface area (Å²) in [7, 11) is 0. The van der Waals surface area contributed by atoms with Crippen LogP contribution in [-0.2, 0) is 5.41 Å². The molecule has 1 aliphatic heterocycles. The van der Waals surface area contributed by atoms with Crippen molar-refractivity contribution in [1.82, 2.24) is 13.7 Å². The molecule has 0 fully saturated rings. The van der Waals surface area contributed by atoms with Crippen LogP contribution in [0.3, 0.4) is 0 Å². The molecule has 0 saturated carbocycles. The molecule has 4 heterocycles. The highest BCUT2D eigenvalue weighted by atomic mass is 15.1. The lowest BCUT2D eigenvalue weighted by molar-refractivity contribution is 0.645. The van der Waals surface area contributed by atoms with Gasteiger partial charge in [-0.05, 0) is 66.2 Å². The van der Waals surface area contributed by atoms with Gasteiger partial charge >= 0.3 is 0 Å². The van der Waals surface area contributed by atoms with E-state index in [1.54, 1.807) is 0 Å². The Balaban J connectivity index is 1.31. The molecular formula is C41H29N3. The second-order valence-corrected chi connectivity index (χ2v) is 12.6.